The topological polar surface area (TPSA) is 20.2 Å². The fraction of sp³-hybridized carbons (Fsp3) is 0.400. The normalized spacial score (nSPS) is 13.8. The van der Waals surface area contributed by atoms with Crippen LogP contribution in [-0.4, -0.2) is 5.11 Å². The largest absolute Gasteiger partial charge is 0.507 e. The van der Waals surface area contributed by atoms with Crippen molar-refractivity contribution in [2.24, 2.45) is 0 Å². The monoisotopic (exact) mass is 350 g/mol. The second-order valence-corrected chi connectivity index (χ2v) is 7.09. The molecule has 2 rings (SSSR count). The van der Waals surface area contributed by atoms with Gasteiger partial charge in [0.1, 0.15) is 5.75 Å². The second kappa shape index (κ2) is 7.59. The number of hydrogen-bond donors (Lipinski definition) is 1. The summed E-state index contributed by atoms with van der Waals surface area (Å²) in [7, 11) is 0. The molecule has 0 radical (unpaired) electrons. The number of hydrogen-bond acceptors (Lipinski definition) is 1. The molecule has 0 aliphatic rings. The summed E-state index contributed by atoms with van der Waals surface area (Å²) in [5.41, 5.74) is 3.89. The van der Waals surface area contributed by atoms with Crippen molar-refractivity contribution in [3.05, 3.63) is 51.5 Å². The summed E-state index contributed by atoms with van der Waals surface area (Å²) < 4.78 is 0. The van der Waals surface area contributed by atoms with E-state index in [0.717, 1.165) is 35.1 Å². The molecule has 0 bridgehead atoms. The molecule has 3 heteroatoms. The molecule has 124 valence electrons. The Morgan fingerprint density at radius 3 is 1.91 bits per heavy atom. The van der Waals surface area contributed by atoms with Gasteiger partial charge in [0.25, 0.3) is 0 Å². The predicted octanol–water partition coefficient (Wildman–Crippen LogP) is 7.39. The molecular formula is C20H24Cl2O. The van der Waals surface area contributed by atoms with E-state index < -0.39 is 0 Å². The van der Waals surface area contributed by atoms with Gasteiger partial charge in [0, 0.05) is 15.6 Å². The number of rotatable bonds is 5. The van der Waals surface area contributed by atoms with Gasteiger partial charge in [-0.1, -0.05) is 50.9 Å². The van der Waals surface area contributed by atoms with E-state index in [-0.39, 0.29) is 11.8 Å². The molecule has 0 aliphatic carbocycles. The van der Waals surface area contributed by atoms with Gasteiger partial charge in [0.15, 0.2) is 0 Å². The maximum Gasteiger partial charge on any atom is 0.122 e. The zero-order chi connectivity index (χ0) is 17.1. The van der Waals surface area contributed by atoms with Crippen molar-refractivity contribution < 1.29 is 5.11 Å². The molecule has 0 saturated heterocycles. The zero-order valence-corrected chi connectivity index (χ0v) is 15.7. The molecule has 1 N–H and O–H groups in total. The van der Waals surface area contributed by atoms with Crippen molar-refractivity contribution in [2.45, 2.75) is 52.4 Å². The molecule has 2 aromatic rings. The third-order valence-corrected chi connectivity index (χ3v) is 5.26. The maximum atomic E-state index is 10.7. The Balaban J connectivity index is 2.71. The number of phenolic OH excluding ortho intramolecular Hbond substituents is 1. The van der Waals surface area contributed by atoms with E-state index in [2.05, 4.69) is 27.7 Å². The fourth-order valence-corrected chi connectivity index (χ4v) is 3.14. The minimum Gasteiger partial charge on any atom is -0.507 e. The molecule has 2 atom stereocenters. The highest BCUT2D eigenvalue weighted by Crippen LogP contribution is 2.41. The van der Waals surface area contributed by atoms with Crippen LogP contribution in [0.1, 0.15) is 63.5 Å². The van der Waals surface area contributed by atoms with Crippen LogP contribution in [-0.2, 0) is 0 Å². The van der Waals surface area contributed by atoms with Crippen molar-refractivity contribution in [1.29, 1.82) is 0 Å². The first-order valence-corrected chi connectivity index (χ1v) is 8.96. The summed E-state index contributed by atoms with van der Waals surface area (Å²) in [6.45, 7) is 8.54. The highest BCUT2D eigenvalue weighted by Gasteiger charge is 2.19. The van der Waals surface area contributed by atoms with E-state index in [1.807, 2.05) is 24.3 Å². The molecule has 2 unspecified atom stereocenters. The molecule has 2 aromatic carbocycles. The van der Waals surface area contributed by atoms with E-state index in [1.54, 1.807) is 6.07 Å². The van der Waals surface area contributed by atoms with Gasteiger partial charge in [-0.2, -0.15) is 0 Å². The molecule has 0 spiro atoms. The molecule has 23 heavy (non-hydrogen) atoms. The summed E-state index contributed by atoms with van der Waals surface area (Å²) in [5, 5.41) is 12.1. The Kier molecular flexibility index (Phi) is 6.00. The SMILES string of the molecule is CCC(C)c1cc(-c2cc(Cl)ccc2Cl)cc(C(C)CC)c1O. The van der Waals surface area contributed by atoms with E-state index in [9.17, 15) is 5.11 Å². The highest BCUT2D eigenvalue weighted by atomic mass is 35.5. The summed E-state index contributed by atoms with van der Waals surface area (Å²) in [4.78, 5) is 0. The van der Waals surface area contributed by atoms with Crippen LogP contribution < -0.4 is 0 Å². The third-order valence-electron chi connectivity index (χ3n) is 4.69. The number of aromatic hydroxyl groups is 1. The van der Waals surface area contributed by atoms with Gasteiger partial charge < -0.3 is 5.11 Å². The molecular weight excluding hydrogens is 327 g/mol. The van der Waals surface area contributed by atoms with Crippen molar-refractivity contribution in [1.82, 2.24) is 0 Å². The molecule has 0 amide bonds. The second-order valence-electron chi connectivity index (χ2n) is 6.25. The van der Waals surface area contributed by atoms with Crippen molar-refractivity contribution >= 4 is 23.2 Å². The minimum absolute atomic E-state index is 0.288. The van der Waals surface area contributed by atoms with Gasteiger partial charge in [-0.05, 0) is 71.7 Å². The van der Waals surface area contributed by atoms with Crippen molar-refractivity contribution in [3.63, 3.8) is 0 Å². The molecule has 0 aliphatic heterocycles. The van der Waals surface area contributed by atoms with Gasteiger partial charge in [0.05, 0.1) is 0 Å². The van der Waals surface area contributed by atoms with Crippen LogP contribution in [0.3, 0.4) is 0 Å². The van der Waals surface area contributed by atoms with Crippen LogP contribution in [0.2, 0.25) is 10.0 Å². The van der Waals surface area contributed by atoms with E-state index in [4.69, 9.17) is 23.2 Å². The molecule has 0 saturated carbocycles. The zero-order valence-electron chi connectivity index (χ0n) is 14.2. The lowest BCUT2D eigenvalue weighted by molar-refractivity contribution is 0.449. The van der Waals surface area contributed by atoms with E-state index in [0.29, 0.717) is 15.8 Å². The lowest BCUT2D eigenvalue weighted by atomic mass is 9.87. The lowest BCUT2D eigenvalue weighted by Crippen LogP contribution is -2.00. The van der Waals surface area contributed by atoms with Crippen molar-refractivity contribution in [2.75, 3.05) is 0 Å². The van der Waals surface area contributed by atoms with Crippen LogP contribution >= 0.6 is 23.2 Å². The van der Waals surface area contributed by atoms with Crippen LogP contribution in [0.15, 0.2) is 30.3 Å². The number of phenols is 1. The van der Waals surface area contributed by atoms with Gasteiger partial charge in [0.2, 0.25) is 0 Å². The van der Waals surface area contributed by atoms with Crippen LogP contribution in [0, 0.1) is 0 Å². The summed E-state index contributed by atoms with van der Waals surface area (Å²) >= 11 is 12.5. The smallest absolute Gasteiger partial charge is 0.122 e. The average molecular weight is 351 g/mol. The molecule has 0 aromatic heterocycles. The van der Waals surface area contributed by atoms with Gasteiger partial charge in [-0.25, -0.2) is 0 Å². The molecule has 0 fully saturated rings. The molecule has 0 heterocycles. The Hall–Kier alpha value is -1.18. The quantitative estimate of drug-likeness (QED) is 0.595. The summed E-state index contributed by atoms with van der Waals surface area (Å²) in [6.07, 6.45) is 1.94. The Morgan fingerprint density at radius 2 is 1.43 bits per heavy atom. The fourth-order valence-electron chi connectivity index (χ4n) is 2.75. The molecule has 1 nitrogen and oxygen atoms in total. The van der Waals surface area contributed by atoms with Crippen LogP contribution in [0.25, 0.3) is 11.1 Å². The number of halogens is 2. The first-order valence-electron chi connectivity index (χ1n) is 8.21. The van der Waals surface area contributed by atoms with Gasteiger partial charge >= 0.3 is 0 Å². The lowest BCUT2D eigenvalue weighted by Gasteiger charge is -2.20. The maximum absolute atomic E-state index is 10.7. The average Bonchev–Trinajstić information content (AvgIpc) is 2.56. The summed E-state index contributed by atoms with van der Waals surface area (Å²) in [6, 6.07) is 9.59. The third kappa shape index (κ3) is 3.84. The first-order chi connectivity index (χ1) is 10.9. The standard InChI is InChI=1S/C20H24Cl2O/c1-5-12(3)16-9-14(10-17(20(16)23)13(4)6-2)18-11-15(21)7-8-19(18)22/h7-13,23H,5-6H2,1-4H3. The Labute approximate surface area is 149 Å². The minimum atomic E-state index is 0.288. The Morgan fingerprint density at radius 1 is 0.913 bits per heavy atom. The first kappa shape index (κ1) is 18.2. The van der Waals surface area contributed by atoms with Crippen LogP contribution in [0.4, 0.5) is 0 Å². The van der Waals surface area contributed by atoms with Gasteiger partial charge in [-0.3, -0.25) is 0 Å². The highest BCUT2D eigenvalue weighted by molar-refractivity contribution is 6.35. The van der Waals surface area contributed by atoms with Crippen LogP contribution in [0.5, 0.6) is 5.75 Å². The van der Waals surface area contributed by atoms with E-state index >= 15 is 0 Å². The van der Waals surface area contributed by atoms with Crippen molar-refractivity contribution in [3.8, 4) is 16.9 Å². The number of benzene rings is 2. The van der Waals surface area contributed by atoms with Gasteiger partial charge in [-0.15, -0.1) is 0 Å². The predicted molar refractivity (Wildman–Crippen MR) is 101 cm³/mol. The summed E-state index contributed by atoms with van der Waals surface area (Å²) in [5.74, 6) is 1.00. The Bertz CT molecular complexity index is 663. The van der Waals surface area contributed by atoms with E-state index in [1.165, 1.54) is 0 Å².